The van der Waals surface area contributed by atoms with Crippen molar-refractivity contribution >= 4 is 22.6 Å². The van der Waals surface area contributed by atoms with Crippen LogP contribution in [0.25, 0.3) is 33.3 Å². The lowest BCUT2D eigenvalue weighted by Crippen LogP contribution is -2.40. The average molecular weight is 512 g/mol. The number of amides is 1. The van der Waals surface area contributed by atoms with Crippen LogP contribution in [0.1, 0.15) is 53.7 Å². The van der Waals surface area contributed by atoms with E-state index < -0.39 is 5.97 Å². The van der Waals surface area contributed by atoms with Crippen LogP contribution in [-0.4, -0.2) is 63.7 Å². The van der Waals surface area contributed by atoms with Crippen LogP contribution >= 0.6 is 0 Å². The number of hydrogen-bond donors (Lipinski definition) is 0. The molecule has 38 heavy (non-hydrogen) atoms. The van der Waals surface area contributed by atoms with Crippen molar-refractivity contribution in [1.82, 2.24) is 24.4 Å². The molecule has 1 unspecified atom stereocenters. The highest BCUT2D eigenvalue weighted by Crippen LogP contribution is 2.39. The second kappa shape index (κ2) is 9.64. The Morgan fingerprint density at radius 3 is 2.66 bits per heavy atom. The van der Waals surface area contributed by atoms with Crippen LogP contribution in [0.2, 0.25) is 0 Å². The normalized spacial score (nSPS) is 18.0. The van der Waals surface area contributed by atoms with Crippen LogP contribution in [0.5, 0.6) is 0 Å². The van der Waals surface area contributed by atoms with E-state index >= 15 is 0 Å². The maximum Gasteiger partial charge on any atom is 0.356 e. The van der Waals surface area contributed by atoms with Gasteiger partial charge < -0.3 is 18.9 Å². The van der Waals surface area contributed by atoms with E-state index in [1.165, 1.54) is 7.11 Å². The predicted molar refractivity (Wildman–Crippen MR) is 142 cm³/mol. The van der Waals surface area contributed by atoms with E-state index in [4.69, 9.17) is 19.4 Å². The minimum Gasteiger partial charge on any atom is -0.464 e. The molecule has 2 aliphatic heterocycles. The predicted octanol–water partition coefficient (Wildman–Crippen LogP) is 4.37. The van der Waals surface area contributed by atoms with Gasteiger partial charge in [-0.25, -0.2) is 14.8 Å². The van der Waals surface area contributed by atoms with Crippen molar-refractivity contribution in [1.29, 1.82) is 0 Å². The summed E-state index contributed by atoms with van der Waals surface area (Å²) < 4.78 is 12.5. The summed E-state index contributed by atoms with van der Waals surface area (Å²) in [5, 5.41) is 2.01. The van der Waals surface area contributed by atoms with E-state index in [2.05, 4.69) is 21.7 Å². The average Bonchev–Trinajstić information content (AvgIpc) is 3.34. The van der Waals surface area contributed by atoms with Crippen molar-refractivity contribution in [3.05, 3.63) is 66.0 Å². The number of benzene rings is 1. The van der Waals surface area contributed by atoms with Gasteiger partial charge in [0.25, 0.3) is 0 Å². The largest absolute Gasteiger partial charge is 0.464 e. The molecule has 2 aliphatic rings. The number of aromatic nitrogens is 4. The lowest BCUT2D eigenvalue weighted by Gasteiger charge is -2.32. The zero-order valence-electron chi connectivity index (χ0n) is 21.7. The molecule has 6 rings (SSSR count). The first-order valence-electron chi connectivity index (χ1n) is 12.8. The number of carbonyl (C=O) groups excluding carboxylic acids is 2. The third kappa shape index (κ3) is 4.03. The number of rotatable bonds is 4. The molecular formula is C29H29N5O4. The molecule has 1 fully saturated rings. The maximum atomic E-state index is 12.9. The summed E-state index contributed by atoms with van der Waals surface area (Å²) in [5.74, 6) is 0.865. The van der Waals surface area contributed by atoms with E-state index in [0.717, 1.165) is 57.6 Å². The summed E-state index contributed by atoms with van der Waals surface area (Å²) in [7, 11) is 3.18. The van der Waals surface area contributed by atoms with Gasteiger partial charge in [0.2, 0.25) is 5.91 Å². The topological polar surface area (TPSA) is 99.4 Å². The number of carbonyl (C=O) groups is 2. The van der Waals surface area contributed by atoms with E-state index in [-0.39, 0.29) is 23.6 Å². The fourth-order valence-electron chi connectivity index (χ4n) is 5.57. The van der Waals surface area contributed by atoms with Crippen LogP contribution in [0.15, 0.2) is 48.8 Å². The molecule has 5 heterocycles. The van der Waals surface area contributed by atoms with E-state index in [1.54, 1.807) is 17.2 Å². The monoisotopic (exact) mass is 511 g/mol. The summed E-state index contributed by atoms with van der Waals surface area (Å²) >= 11 is 0. The van der Waals surface area contributed by atoms with Gasteiger partial charge in [-0.3, -0.25) is 9.78 Å². The summed E-state index contributed by atoms with van der Waals surface area (Å²) in [6.45, 7) is 3.89. The number of ether oxygens (including phenoxy) is 2. The number of fused-ring (bicyclic) bond motifs is 2. The van der Waals surface area contributed by atoms with Gasteiger partial charge in [-0.15, -0.1) is 0 Å². The van der Waals surface area contributed by atoms with Crippen molar-refractivity contribution in [2.75, 3.05) is 27.4 Å². The lowest BCUT2D eigenvalue weighted by molar-refractivity contribution is -0.135. The van der Waals surface area contributed by atoms with Gasteiger partial charge in [0.1, 0.15) is 17.6 Å². The Hall–Kier alpha value is -4.11. The van der Waals surface area contributed by atoms with Crippen LogP contribution in [0.3, 0.4) is 0 Å². The highest BCUT2D eigenvalue weighted by molar-refractivity contribution is 5.97. The van der Waals surface area contributed by atoms with Crippen molar-refractivity contribution < 1.29 is 19.1 Å². The molecule has 0 N–H and O–H groups in total. The minimum atomic E-state index is -0.474. The molecule has 194 valence electrons. The molecule has 0 bridgehead atoms. The Kier molecular flexibility index (Phi) is 6.15. The Bertz CT molecular complexity index is 1540. The van der Waals surface area contributed by atoms with E-state index in [0.29, 0.717) is 19.8 Å². The van der Waals surface area contributed by atoms with Gasteiger partial charge in [0.05, 0.1) is 30.7 Å². The smallest absolute Gasteiger partial charge is 0.356 e. The van der Waals surface area contributed by atoms with Crippen LogP contribution in [0, 0.1) is 0 Å². The van der Waals surface area contributed by atoms with Crippen LogP contribution < -0.4 is 0 Å². The van der Waals surface area contributed by atoms with Crippen molar-refractivity contribution in [3.63, 3.8) is 0 Å². The zero-order valence-corrected chi connectivity index (χ0v) is 21.7. The Labute approximate surface area is 220 Å². The quantitative estimate of drug-likeness (QED) is 0.375. The molecule has 0 aliphatic carbocycles. The second-order valence-corrected chi connectivity index (χ2v) is 9.91. The first kappa shape index (κ1) is 24.2. The molecule has 9 nitrogen and oxygen atoms in total. The molecular weight excluding hydrogens is 482 g/mol. The van der Waals surface area contributed by atoms with Gasteiger partial charge in [-0.05, 0) is 43.4 Å². The molecule has 1 saturated heterocycles. The number of methoxy groups -OCH3 is 1. The van der Waals surface area contributed by atoms with Crippen LogP contribution in [0.4, 0.5) is 0 Å². The highest BCUT2D eigenvalue weighted by atomic mass is 16.5. The molecule has 1 aromatic carbocycles. The third-order valence-corrected chi connectivity index (χ3v) is 7.61. The number of nitrogens with zero attached hydrogens (tertiary/aromatic N) is 5. The second-order valence-electron chi connectivity index (χ2n) is 9.91. The lowest BCUT2D eigenvalue weighted by atomic mass is 9.98. The molecule has 9 heteroatoms. The van der Waals surface area contributed by atoms with Gasteiger partial charge in [-0.2, -0.15) is 0 Å². The first-order valence-corrected chi connectivity index (χ1v) is 12.8. The van der Waals surface area contributed by atoms with E-state index in [1.807, 2.05) is 38.4 Å². The Balaban J connectivity index is 1.45. The van der Waals surface area contributed by atoms with Crippen LogP contribution in [-0.2, 0) is 20.8 Å². The van der Waals surface area contributed by atoms with E-state index in [9.17, 15) is 9.59 Å². The molecule has 1 amide bonds. The minimum absolute atomic E-state index is 0.103. The van der Waals surface area contributed by atoms with Gasteiger partial charge in [0, 0.05) is 55.1 Å². The summed E-state index contributed by atoms with van der Waals surface area (Å²) in [6.07, 6.45) is 5.30. The molecule has 3 aromatic heterocycles. The Morgan fingerprint density at radius 1 is 1.11 bits per heavy atom. The fourth-order valence-corrected chi connectivity index (χ4v) is 5.57. The first-order chi connectivity index (χ1) is 18.5. The summed E-state index contributed by atoms with van der Waals surface area (Å²) in [6, 6.07) is 11.3. The molecule has 0 spiro atoms. The number of pyridine rings is 2. The number of hydrogen-bond acceptors (Lipinski definition) is 7. The molecule has 1 atom stereocenters. The van der Waals surface area contributed by atoms with Crippen molar-refractivity contribution in [2.24, 2.45) is 0 Å². The third-order valence-electron chi connectivity index (χ3n) is 7.61. The highest BCUT2D eigenvalue weighted by Gasteiger charge is 2.36. The standard InChI is InChI=1S/C29H29N5O4/c1-17-28(35)33(2)16-25-26(32-27(34(17)25)18-9-11-38-12-10-18)21-6-4-5-19-13-24(31-15-22(19)21)20-7-8-23(30-14-20)29(36)37-3/h4-8,13-15,17-18H,9-12,16H2,1-3H3. The van der Waals surface area contributed by atoms with Gasteiger partial charge >= 0.3 is 5.97 Å². The molecule has 0 radical (unpaired) electrons. The molecule has 4 aromatic rings. The summed E-state index contributed by atoms with van der Waals surface area (Å²) in [5.41, 5.74) is 4.77. The number of likely N-dealkylation sites (N-methyl/N-ethyl adjacent to an activating group) is 1. The van der Waals surface area contributed by atoms with Gasteiger partial charge in [0.15, 0.2) is 0 Å². The van der Waals surface area contributed by atoms with Crippen molar-refractivity contribution in [3.8, 4) is 22.5 Å². The molecule has 0 saturated carbocycles. The maximum absolute atomic E-state index is 12.9. The Morgan fingerprint density at radius 2 is 1.92 bits per heavy atom. The summed E-state index contributed by atoms with van der Waals surface area (Å²) in [4.78, 5) is 40.6. The SMILES string of the molecule is COC(=O)c1ccc(-c2cc3cccc(-c4nc(C5CCOCC5)n5c4CN(C)C(=O)C5C)c3cn2)cn1. The number of imidazole rings is 1. The number of esters is 1. The van der Waals surface area contributed by atoms with Gasteiger partial charge in [-0.1, -0.05) is 18.2 Å². The van der Waals surface area contributed by atoms with Crippen molar-refractivity contribution in [2.45, 2.75) is 38.3 Å². The fraction of sp³-hybridized carbons (Fsp3) is 0.345. The zero-order chi connectivity index (χ0) is 26.4.